The van der Waals surface area contributed by atoms with Crippen LogP contribution in [0, 0.1) is 0 Å². The maximum atomic E-state index is 0. The van der Waals surface area contributed by atoms with E-state index in [2.05, 4.69) is 0 Å². The van der Waals surface area contributed by atoms with Gasteiger partial charge in [0.25, 0.3) is 0 Å². The van der Waals surface area contributed by atoms with Crippen LogP contribution in [0.15, 0.2) is 0 Å². The Hall–Kier alpha value is 1.37. The van der Waals surface area contributed by atoms with Crippen LogP contribution in [-0.4, -0.2) is 0 Å². The molecule has 0 fully saturated rings. The van der Waals surface area contributed by atoms with Crippen LogP contribution in [0.2, 0.25) is 0 Å². The minimum Gasteiger partial charge on any atom is -1.00 e. The van der Waals surface area contributed by atoms with E-state index in [-0.39, 0.29) is 75.2 Å². The maximum absolute atomic E-state index is 0. The molecule has 0 aromatic heterocycles. The molecule has 0 saturated heterocycles. The Bertz CT molecular complexity index is 10.1. The van der Waals surface area contributed by atoms with E-state index in [4.69, 9.17) is 0 Å². The van der Waals surface area contributed by atoms with Gasteiger partial charge in [0.1, 0.15) is 0 Å². The van der Waals surface area contributed by atoms with Crippen molar-refractivity contribution in [2.75, 3.05) is 0 Å². The van der Waals surface area contributed by atoms with Gasteiger partial charge in [0, 0.05) is 19.5 Å². The van der Waals surface area contributed by atoms with Gasteiger partial charge in [-0.3, -0.25) is 0 Å². The standard InChI is InChI=1S/3ClH.3H2N.Rh/h3*1H;3*1H2;/q;;;3*-1;/p-3. The summed E-state index contributed by atoms with van der Waals surface area (Å²) in [5.41, 5.74) is 0. The van der Waals surface area contributed by atoms with Crippen molar-refractivity contribution in [2.24, 2.45) is 0 Å². The molecule has 0 atom stereocenters. The summed E-state index contributed by atoms with van der Waals surface area (Å²) in [6, 6.07) is 0. The molecular formula is H6Cl3N3Rh-6. The molecule has 0 amide bonds. The summed E-state index contributed by atoms with van der Waals surface area (Å²) in [6.07, 6.45) is 0. The Labute approximate surface area is 75.1 Å². The predicted molar refractivity (Wildman–Crippen MR) is 15.9 cm³/mol. The fraction of sp³-hybridized carbons (Fsp3) is 0. The minimum absolute atomic E-state index is 0. The van der Waals surface area contributed by atoms with E-state index < -0.39 is 0 Å². The smallest absolute Gasteiger partial charge is 0 e. The van der Waals surface area contributed by atoms with Crippen molar-refractivity contribution in [2.45, 2.75) is 0 Å². The van der Waals surface area contributed by atoms with Crippen molar-refractivity contribution in [1.82, 2.24) is 0 Å². The van der Waals surface area contributed by atoms with Crippen LogP contribution in [-0.2, 0) is 19.5 Å². The van der Waals surface area contributed by atoms with E-state index in [0.29, 0.717) is 0 Å². The molecule has 1 radical (unpaired) electrons. The van der Waals surface area contributed by atoms with E-state index in [1.54, 1.807) is 0 Å². The number of hydrogen-bond donors (Lipinski definition) is 0. The summed E-state index contributed by atoms with van der Waals surface area (Å²) < 4.78 is 0. The molecule has 6 N–H and O–H groups in total. The van der Waals surface area contributed by atoms with Crippen LogP contribution in [0.1, 0.15) is 0 Å². The average Bonchev–Trinajstić information content (AvgIpc) is 0. The average molecular weight is 257 g/mol. The van der Waals surface area contributed by atoms with Gasteiger partial charge in [-0.05, 0) is 0 Å². The second-order valence-corrected chi connectivity index (χ2v) is 0. The van der Waals surface area contributed by atoms with Crippen LogP contribution in [0.4, 0.5) is 0 Å². The molecule has 0 heterocycles. The third-order valence-electron chi connectivity index (χ3n) is 0. The first-order chi connectivity index (χ1) is 0. The van der Waals surface area contributed by atoms with Gasteiger partial charge >= 0.3 is 0 Å². The SMILES string of the molecule is [Cl-].[Cl-].[Cl-].[NH2-].[NH2-].[NH2-].[Rh]. The van der Waals surface area contributed by atoms with Gasteiger partial charge < -0.3 is 55.7 Å². The third kappa shape index (κ3) is 113. The van der Waals surface area contributed by atoms with Gasteiger partial charge in [-0.15, -0.1) is 0 Å². The zero-order valence-electron chi connectivity index (χ0n) is 3.20. The van der Waals surface area contributed by atoms with Crippen molar-refractivity contribution in [3.63, 3.8) is 0 Å². The number of nitrogens with two attached hydrogens (primary N) is 3. The summed E-state index contributed by atoms with van der Waals surface area (Å²) >= 11 is 0. The second kappa shape index (κ2) is 159. The van der Waals surface area contributed by atoms with Crippen LogP contribution < -0.4 is 37.2 Å². The van der Waals surface area contributed by atoms with E-state index >= 15 is 0 Å². The normalized spacial score (nSPS) is 0. The molecule has 0 aliphatic rings. The first kappa shape index (κ1) is 241. The van der Waals surface area contributed by atoms with E-state index in [0.717, 1.165) is 0 Å². The molecule has 0 saturated carbocycles. The van der Waals surface area contributed by atoms with Crippen LogP contribution in [0.25, 0.3) is 18.5 Å². The molecule has 7 heteroatoms. The fourth-order valence-electron chi connectivity index (χ4n) is 0. The predicted octanol–water partition coefficient (Wildman–Crippen LogP) is -6.84. The molecule has 0 aliphatic carbocycles. The zero-order valence-corrected chi connectivity index (χ0v) is 7.11. The van der Waals surface area contributed by atoms with Gasteiger partial charge in [-0.1, -0.05) is 0 Å². The molecule has 57 valence electrons. The Morgan fingerprint density at radius 3 is 0.429 bits per heavy atom. The third-order valence-corrected chi connectivity index (χ3v) is 0. The molecule has 0 aromatic rings. The van der Waals surface area contributed by atoms with Crippen molar-refractivity contribution >= 4 is 0 Å². The van der Waals surface area contributed by atoms with Crippen molar-refractivity contribution in [3.05, 3.63) is 18.5 Å². The molecular weight excluding hydrogens is 251 g/mol. The second-order valence-electron chi connectivity index (χ2n) is 0. The van der Waals surface area contributed by atoms with Crippen molar-refractivity contribution < 1.29 is 56.7 Å². The molecule has 0 spiro atoms. The molecule has 3 nitrogen and oxygen atoms in total. The van der Waals surface area contributed by atoms with Crippen LogP contribution >= 0.6 is 0 Å². The largest absolute Gasteiger partial charge is 1.00 e. The summed E-state index contributed by atoms with van der Waals surface area (Å²) in [6.45, 7) is 0. The van der Waals surface area contributed by atoms with Gasteiger partial charge in [0.05, 0.1) is 0 Å². The summed E-state index contributed by atoms with van der Waals surface area (Å²) in [7, 11) is 0. The van der Waals surface area contributed by atoms with Crippen LogP contribution in [0.5, 0.6) is 0 Å². The van der Waals surface area contributed by atoms with Gasteiger partial charge in [-0.25, -0.2) is 0 Å². The monoisotopic (exact) mass is 256 g/mol. The van der Waals surface area contributed by atoms with E-state index in [9.17, 15) is 0 Å². The Morgan fingerprint density at radius 2 is 0.429 bits per heavy atom. The van der Waals surface area contributed by atoms with E-state index in [1.807, 2.05) is 0 Å². The quantitative estimate of drug-likeness (QED) is 0.385. The molecule has 0 rings (SSSR count). The van der Waals surface area contributed by atoms with E-state index in [1.165, 1.54) is 0 Å². The van der Waals surface area contributed by atoms with Crippen molar-refractivity contribution in [3.8, 4) is 0 Å². The number of hydrogen-bond acceptors (Lipinski definition) is 0. The topological polar surface area (TPSA) is 100 Å². The molecule has 0 bridgehead atoms. The van der Waals surface area contributed by atoms with Gasteiger partial charge in [0.2, 0.25) is 0 Å². The summed E-state index contributed by atoms with van der Waals surface area (Å²) in [5.74, 6) is 0. The molecule has 0 aliphatic heterocycles. The molecule has 7 heavy (non-hydrogen) atoms. The number of rotatable bonds is 0. The summed E-state index contributed by atoms with van der Waals surface area (Å²) in [5, 5.41) is 0. The fourth-order valence-corrected chi connectivity index (χ4v) is 0. The van der Waals surface area contributed by atoms with Gasteiger partial charge in [0.15, 0.2) is 0 Å². The molecule has 0 aromatic carbocycles. The number of halogens is 3. The summed E-state index contributed by atoms with van der Waals surface area (Å²) in [4.78, 5) is 0. The zero-order chi connectivity index (χ0) is 0. The van der Waals surface area contributed by atoms with Crippen LogP contribution in [0.3, 0.4) is 0 Å². The first-order valence-corrected chi connectivity index (χ1v) is 0. The Balaban J connectivity index is 0. The van der Waals surface area contributed by atoms with Gasteiger partial charge in [-0.2, -0.15) is 0 Å². The minimum atomic E-state index is 0. The Kier molecular flexibility index (Phi) is 5470. The van der Waals surface area contributed by atoms with Crippen molar-refractivity contribution in [1.29, 1.82) is 0 Å². The molecule has 0 unspecified atom stereocenters. The first-order valence-electron chi connectivity index (χ1n) is 0. The maximum Gasteiger partial charge on any atom is 0 e. The Morgan fingerprint density at radius 1 is 0.429 bits per heavy atom.